The maximum atomic E-state index is 12.4. The lowest BCUT2D eigenvalue weighted by atomic mass is 10.1. The number of thiophene rings is 1. The van der Waals surface area contributed by atoms with Gasteiger partial charge in [-0.05, 0) is 37.7 Å². The molecule has 1 amide bonds. The van der Waals surface area contributed by atoms with E-state index in [0.717, 1.165) is 22.3 Å². The van der Waals surface area contributed by atoms with Gasteiger partial charge in [0.1, 0.15) is 11.3 Å². The van der Waals surface area contributed by atoms with Crippen molar-refractivity contribution in [1.29, 1.82) is 0 Å². The molecular weight excluding hydrogens is 336 g/mol. The lowest BCUT2D eigenvalue weighted by Gasteiger charge is -2.23. The summed E-state index contributed by atoms with van der Waals surface area (Å²) in [5.41, 5.74) is 1.61. The Hall–Kier alpha value is -2.31. The van der Waals surface area contributed by atoms with E-state index in [1.54, 1.807) is 24.7 Å². The zero-order valence-corrected chi connectivity index (χ0v) is 15.4. The highest BCUT2D eigenvalue weighted by Gasteiger charge is 2.17. The molecule has 132 valence electrons. The molecule has 0 saturated heterocycles. The average Bonchev–Trinajstić information content (AvgIpc) is 3.25. The van der Waals surface area contributed by atoms with Gasteiger partial charge in [-0.3, -0.25) is 4.79 Å². The number of carbonyl (C=O) groups is 1. The molecule has 0 aliphatic carbocycles. The number of fused-ring (bicyclic) bond motifs is 1. The first-order chi connectivity index (χ1) is 12.1. The molecule has 25 heavy (non-hydrogen) atoms. The molecule has 3 aromatic rings. The average molecular weight is 358 g/mol. The van der Waals surface area contributed by atoms with Crippen LogP contribution in [-0.4, -0.2) is 38.6 Å². The quantitative estimate of drug-likeness (QED) is 0.703. The van der Waals surface area contributed by atoms with Crippen molar-refractivity contribution in [3.63, 3.8) is 0 Å². The SMILES string of the molecule is COc1ccc2c(CC(=O)NCC(c3cccs3)N(C)C)coc2c1. The zero-order valence-electron chi connectivity index (χ0n) is 14.6. The van der Waals surface area contributed by atoms with Crippen LogP contribution < -0.4 is 10.1 Å². The Kier molecular flexibility index (Phi) is 5.40. The zero-order chi connectivity index (χ0) is 17.8. The summed E-state index contributed by atoms with van der Waals surface area (Å²) in [6.45, 7) is 0.579. The van der Waals surface area contributed by atoms with Crippen LogP contribution in [0.25, 0.3) is 11.0 Å². The minimum atomic E-state index is -0.0121. The van der Waals surface area contributed by atoms with Gasteiger partial charge < -0.3 is 19.4 Å². The molecule has 1 aromatic carbocycles. The van der Waals surface area contributed by atoms with Crippen LogP contribution in [0.4, 0.5) is 0 Å². The van der Waals surface area contributed by atoms with Crippen LogP contribution in [0.3, 0.4) is 0 Å². The van der Waals surface area contributed by atoms with Crippen LogP contribution in [0, 0.1) is 0 Å². The van der Waals surface area contributed by atoms with E-state index in [1.807, 2.05) is 38.4 Å². The van der Waals surface area contributed by atoms with E-state index in [2.05, 4.69) is 21.7 Å². The topological polar surface area (TPSA) is 54.7 Å². The van der Waals surface area contributed by atoms with Crippen LogP contribution in [0.5, 0.6) is 5.75 Å². The van der Waals surface area contributed by atoms with Crippen LogP contribution in [0.15, 0.2) is 46.4 Å². The first kappa shape index (κ1) is 17.5. The van der Waals surface area contributed by atoms with E-state index < -0.39 is 0 Å². The molecule has 0 aliphatic rings. The number of benzene rings is 1. The molecule has 0 spiro atoms. The normalized spacial score (nSPS) is 12.5. The second kappa shape index (κ2) is 7.72. The van der Waals surface area contributed by atoms with Gasteiger partial charge in [0.2, 0.25) is 5.91 Å². The minimum Gasteiger partial charge on any atom is -0.497 e. The number of nitrogens with one attached hydrogen (secondary N) is 1. The third-order valence-electron chi connectivity index (χ3n) is 4.20. The Morgan fingerprint density at radius 1 is 1.36 bits per heavy atom. The Bertz CT molecular complexity index is 840. The van der Waals surface area contributed by atoms with E-state index in [0.29, 0.717) is 13.0 Å². The van der Waals surface area contributed by atoms with E-state index in [-0.39, 0.29) is 11.9 Å². The van der Waals surface area contributed by atoms with Gasteiger partial charge in [-0.25, -0.2) is 0 Å². The van der Waals surface area contributed by atoms with Crippen molar-refractivity contribution in [2.24, 2.45) is 0 Å². The predicted molar refractivity (Wildman–Crippen MR) is 100 cm³/mol. The van der Waals surface area contributed by atoms with Crippen molar-refractivity contribution in [2.45, 2.75) is 12.5 Å². The second-order valence-corrected chi connectivity index (χ2v) is 7.08. The molecule has 6 heteroatoms. The Morgan fingerprint density at radius 2 is 2.20 bits per heavy atom. The molecule has 5 nitrogen and oxygen atoms in total. The Labute approximate surface area is 151 Å². The third-order valence-corrected chi connectivity index (χ3v) is 5.17. The molecule has 3 rings (SSSR count). The summed E-state index contributed by atoms with van der Waals surface area (Å²) in [5.74, 6) is 0.726. The molecule has 0 bridgehead atoms. The fourth-order valence-corrected chi connectivity index (χ4v) is 3.71. The van der Waals surface area contributed by atoms with Gasteiger partial charge in [-0.2, -0.15) is 0 Å². The molecule has 0 aliphatic heterocycles. The summed E-state index contributed by atoms with van der Waals surface area (Å²) in [5, 5.41) is 6.04. The van der Waals surface area contributed by atoms with Gasteiger partial charge >= 0.3 is 0 Å². The van der Waals surface area contributed by atoms with Crippen molar-refractivity contribution < 1.29 is 13.9 Å². The number of likely N-dealkylation sites (N-methyl/N-ethyl adjacent to an activating group) is 1. The second-order valence-electron chi connectivity index (χ2n) is 6.10. The lowest BCUT2D eigenvalue weighted by molar-refractivity contribution is -0.120. The minimum absolute atomic E-state index is 0.0121. The lowest BCUT2D eigenvalue weighted by Crippen LogP contribution is -2.34. The van der Waals surface area contributed by atoms with Crippen LogP contribution in [0.2, 0.25) is 0 Å². The number of rotatable bonds is 7. The maximum absolute atomic E-state index is 12.4. The first-order valence-corrected chi connectivity index (χ1v) is 8.97. The van der Waals surface area contributed by atoms with Gasteiger partial charge in [-0.15, -0.1) is 11.3 Å². The van der Waals surface area contributed by atoms with E-state index in [4.69, 9.17) is 9.15 Å². The molecule has 2 heterocycles. The van der Waals surface area contributed by atoms with Crippen molar-refractivity contribution in [2.75, 3.05) is 27.7 Å². The molecule has 1 N–H and O–H groups in total. The van der Waals surface area contributed by atoms with Crippen molar-refractivity contribution >= 4 is 28.2 Å². The Balaban J connectivity index is 1.64. The number of furan rings is 1. The third kappa shape index (κ3) is 4.03. The number of hydrogen-bond acceptors (Lipinski definition) is 5. The van der Waals surface area contributed by atoms with E-state index in [1.165, 1.54) is 4.88 Å². The summed E-state index contributed by atoms with van der Waals surface area (Å²) in [4.78, 5) is 15.7. The largest absolute Gasteiger partial charge is 0.497 e. The van der Waals surface area contributed by atoms with Crippen molar-refractivity contribution in [1.82, 2.24) is 10.2 Å². The molecule has 0 saturated carbocycles. The number of hydrogen-bond donors (Lipinski definition) is 1. The summed E-state index contributed by atoms with van der Waals surface area (Å²) in [6, 6.07) is 9.93. The number of ether oxygens (including phenoxy) is 1. The molecule has 2 aromatic heterocycles. The first-order valence-electron chi connectivity index (χ1n) is 8.09. The predicted octanol–water partition coefficient (Wildman–Crippen LogP) is 3.46. The van der Waals surface area contributed by atoms with Crippen LogP contribution in [0.1, 0.15) is 16.5 Å². The number of nitrogens with zero attached hydrogens (tertiary/aromatic N) is 1. The fourth-order valence-electron chi connectivity index (χ4n) is 2.79. The molecule has 0 radical (unpaired) electrons. The fraction of sp³-hybridized carbons (Fsp3) is 0.316. The smallest absolute Gasteiger partial charge is 0.224 e. The number of carbonyl (C=O) groups excluding carboxylic acids is 1. The molecule has 1 atom stereocenters. The van der Waals surface area contributed by atoms with Gasteiger partial charge in [-0.1, -0.05) is 6.07 Å². The van der Waals surface area contributed by atoms with Gasteiger partial charge in [0, 0.05) is 28.4 Å². The highest BCUT2D eigenvalue weighted by atomic mass is 32.1. The van der Waals surface area contributed by atoms with Gasteiger partial charge in [0.05, 0.1) is 25.8 Å². The summed E-state index contributed by atoms with van der Waals surface area (Å²) < 4.78 is 10.7. The standard InChI is InChI=1S/C19H22N2O3S/c1-21(2)16(18-5-4-8-25-18)11-20-19(22)9-13-12-24-17-10-14(23-3)6-7-15(13)17/h4-8,10,12,16H,9,11H2,1-3H3,(H,20,22). The van der Waals surface area contributed by atoms with Crippen molar-refractivity contribution in [3.8, 4) is 5.75 Å². The number of amides is 1. The van der Waals surface area contributed by atoms with E-state index in [9.17, 15) is 4.79 Å². The maximum Gasteiger partial charge on any atom is 0.224 e. The van der Waals surface area contributed by atoms with Gasteiger partial charge in [0.15, 0.2) is 0 Å². The molecule has 1 unspecified atom stereocenters. The number of methoxy groups -OCH3 is 1. The molecule has 0 fully saturated rings. The monoisotopic (exact) mass is 358 g/mol. The van der Waals surface area contributed by atoms with Crippen LogP contribution in [-0.2, 0) is 11.2 Å². The highest BCUT2D eigenvalue weighted by molar-refractivity contribution is 7.10. The van der Waals surface area contributed by atoms with E-state index >= 15 is 0 Å². The van der Waals surface area contributed by atoms with Gasteiger partial charge in [0.25, 0.3) is 0 Å². The Morgan fingerprint density at radius 3 is 2.88 bits per heavy atom. The highest BCUT2D eigenvalue weighted by Crippen LogP contribution is 2.26. The summed E-state index contributed by atoms with van der Waals surface area (Å²) in [6.07, 6.45) is 1.94. The summed E-state index contributed by atoms with van der Waals surface area (Å²) >= 11 is 1.70. The van der Waals surface area contributed by atoms with Crippen LogP contribution >= 0.6 is 11.3 Å². The summed E-state index contributed by atoms with van der Waals surface area (Å²) in [7, 11) is 5.66. The van der Waals surface area contributed by atoms with Crippen molar-refractivity contribution in [3.05, 3.63) is 52.4 Å². The molecular formula is C19H22N2O3S.